The van der Waals surface area contributed by atoms with Gasteiger partial charge in [0.25, 0.3) is 5.56 Å². The summed E-state index contributed by atoms with van der Waals surface area (Å²) in [6.45, 7) is 4.97. The van der Waals surface area contributed by atoms with E-state index in [1.165, 1.54) is 12.8 Å². The van der Waals surface area contributed by atoms with Crippen LogP contribution in [0.2, 0.25) is 0 Å². The lowest BCUT2D eigenvalue weighted by atomic mass is 10.2. The number of benzene rings is 2. The van der Waals surface area contributed by atoms with Crippen molar-refractivity contribution in [2.75, 3.05) is 33.4 Å². The van der Waals surface area contributed by atoms with Gasteiger partial charge in [0, 0.05) is 45.5 Å². The second-order valence-corrected chi connectivity index (χ2v) is 10.2. The normalized spacial score (nSPS) is 18.7. The zero-order chi connectivity index (χ0) is 25.9. The topological polar surface area (TPSA) is 68.9 Å². The number of aromatic nitrogens is 2. The van der Waals surface area contributed by atoms with Gasteiger partial charge in [-0.1, -0.05) is 30.3 Å². The molecule has 1 aromatic heterocycles. The van der Waals surface area contributed by atoms with Crippen LogP contribution in [0.5, 0.6) is 5.75 Å². The molecule has 1 saturated carbocycles. The minimum Gasteiger partial charge on any atom is -0.497 e. The van der Waals surface area contributed by atoms with E-state index in [1.54, 1.807) is 11.8 Å². The molecule has 2 fully saturated rings. The van der Waals surface area contributed by atoms with Crippen LogP contribution in [-0.2, 0) is 29.7 Å². The molecule has 8 heteroatoms. The van der Waals surface area contributed by atoms with Gasteiger partial charge in [-0.2, -0.15) is 0 Å². The Bertz CT molecular complexity index is 1290. The van der Waals surface area contributed by atoms with Crippen LogP contribution in [0.3, 0.4) is 0 Å². The third-order valence-corrected chi connectivity index (χ3v) is 7.42. The standard InChI is InChI=1S/C29H36N4O4/c1-21-27(29(35)33(30(21)2)24-9-5-4-6-10-24)18-31-16-26(37-20-22-12-13-22)17-32(28(34)19-31)15-23-8-7-11-25(14-23)36-3/h4-11,14,22,26H,12-13,15-20H2,1-3H3/t26-/m0/s1. The number of carbonyl (C=O) groups is 1. The monoisotopic (exact) mass is 504 g/mol. The highest BCUT2D eigenvalue weighted by molar-refractivity contribution is 5.78. The highest BCUT2D eigenvalue weighted by Crippen LogP contribution is 2.29. The van der Waals surface area contributed by atoms with E-state index in [4.69, 9.17) is 9.47 Å². The number of hydrogen-bond donors (Lipinski definition) is 0. The van der Waals surface area contributed by atoms with Gasteiger partial charge in [-0.05, 0) is 55.5 Å². The third-order valence-electron chi connectivity index (χ3n) is 7.42. The maximum atomic E-state index is 13.5. The van der Waals surface area contributed by atoms with Crippen LogP contribution in [0, 0.1) is 12.8 Å². The SMILES string of the molecule is COc1cccc(CN2C[C@@H](OCC3CC3)CN(Cc3c(C)n(C)n(-c4ccccc4)c3=O)CC2=O)c1. The molecule has 2 aliphatic rings. The Labute approximate surface area is 218 Å². The fourth-order valence-electron chi connectivity index (χ4n) is 5.01. The van der Waals surface area contributed by atoms with Crippen LogP contribution in [0.15, 0.2) is 59.4 Å². The van der Waals surface area contributed by atoms with E-state index < -0.39 is 0 Å². The maximum Gasteiger partial charge on any atom is 0.276 e. The first kappa shape index (κ1) is 25.3. The molecule has 1 aliphatic heterocycles. The number of ether oxygens (including phenoxy) is 2. The van der Waals surface area contributed by atoms with Crippen LogP contribution >= 0.6 is 0 Å². The first-order valence-electron chi connectivity index (χ1n) is 13.0. The Balaban J connectivity index is 1.38. The van der Waals surface area contributed by atoms with Gasteiger partial charge >= 0.3 is 0 Å². The summed E-state index contributed by atoms with van der Waals surface area (Å²) in [5, 5.41) is 0. The van der Waals surface area contributed by atoms with Crippen molar-refractivity contribution in [3.63, 3.8) is 0 Å². The minimum atomic E-state index is -0.113. The van der Waals surface area contributed by atoms with Crippen LogP contribution < -0.4 is 10.3 Å². The number of carbonyl (C=O) groups excluding carboxylic acids is 1. The molecule has 0 spiro atoms. The van der Waals surface area contributed by atoms with E-state index in [0.29, 0.717) is 37.7 Å². The van der Waals surface area contributed by atoms with Crippen molar-refractivity contribution in [3.8, 4) is 11.4 Å². The Kier molecular flexibility index (Phi) is 7.48. The number of hydrogen-bond acceptors (Lipinski definition) is 5. The molecule has 0 bridgehead atoms. The molecule has 2 aromatic carbocycles. The van der Waals surface area contributed by atoms with Crippen molar-refractivity contribution < 1.29 is 14.3 Å². The molecule has 1 saturated heterocycles. The molecule has 1 atom stereocenters. The predicted molar refractivity (Wildman–Crippen MR) is 142 cm³/mol. The zero-order valence-corrected chi connectivity index (χ0v) is 21.9. The van der Waals surface area contributed by atoms with Gasteiger partial charge in [0.2, 0.25) is 5.91 Å². The molecule has 2 heterocycles. The summed E-state index contributed by atoms with van der Waals surface area (Å²) in [5.41, 5.74) is 3.40. The van der Waals surface area contributed by atoms with Crippen molar-refractivity contribution in [3.05, 3.63) is 81.8 Å². The third kappa shape index (κ3) is 5.81. The zero-order valence-electron chi connectivity index (χ0n) is 21.9. The van der Waals surface area contributed by atoms with Crippen molar-refractivity contribution in [1.82, 2.24) is 19.2 Å². The smallest absolute Gasteiger partial charge is 0.276 e. The summed E-state index contributed by atoms with van der Waals surface area (Å²) in [4.78, 5) is 30.9. The van der Waals surface area contributed by atoms with Crippen molar-refractivity contribution in [2.24, 2.45) is 13.0 Å². The second kappa shape index (κ2) is 10.9. The van der Waals surface area contributed by atoms with E-state index >= 15 is 0 Å². The lowest BCUT2D eigenvalue weighted by Crippen LogP contribution is -2.37. The lowest BCUT2D eigenvalue weighted by molar-refractivity contribution is -0.132. The molecule has 1 aliphatic carbocycles. The molecule has 3 aromatic rings. The summed E-state index contributed by atoms with van der Waals surface area (Å²) < 4.78 is 15.3. The van der Waals surface area contributed by atoms with Gasteiger partial charge in [-0.25, -0.2) is 4.68 Å². The molecule has 0 N–H and O–H groups in total. The Morgan fingerprint density at radius 1 is 0.973 bits per heavy atom. The van der Waals surface area contributed by atoms with Crippen molar-refractivity contribution >= 4 is 5.91 Å². The van der Waals surface area contributed by atoms with E-state index in [2.05, 4.69) is 4.90 Å². The fraction of sp³-hybridized carbons (Fsp3) is 0.448. The average Bonchev–Trinajstić information content (AvgIpc) is 3.72. The average molecular weight is 505 g/mol. The Morgan fingerprint density at radius 3 is 2.49 bits per heavy atom. The fourth-order valence-corrected chi connectivity index (χ4v) is 5.01. The molecule has 196 valence electrons. The van der Waals surface area contributed by atoms with Gasteiger partial charge in [0.15, 0.2) is 0 Å². The van der Waals surface area contributed by atoms with Crippen LogP contribution in [0.25, 0.3) is 5.69 Å². The number of rotatable bonds is 9. The van der Waals surface area contributed by atoms with Gasteiger partial charge in [0.05, 0.1) is 31.0 Å². The molecule has 0 unspecified atom stereocenters. The number of nitrogens with zero attached hydrogens (tertiary/aromatic N) is 4. The maximum absolute atomic E-state index is 13.5. The first-order valence-corrected chi connectivity index (χ1v) is 13.0. The second-order valence-electron chi connectivity index (χ2n) is 10.2. The van der Waals surface area contributed by atoms with E-state index in [-0.39, 0.29) is 24.1 Å². The minimum absolute atomic E-state index is 0.0392. The Morgan fingerprint density at radius 2 is 1.76 bits per heavy atom. The molecular formula is C29H36N4O4. The van der Waals surface area contributed by atoms with Gasteiger partial charge < -0.3 is 14.4 Å². The predicted octanol–water partition coefficient (Wildman–Crippen LogP) is 3.13. The quantitative estimate of drug-likeness (QED) is 0.448. The van der Waals surface area contributed by atoms with Crippen molar-refractivity contribution in [1.29, 1.82) is 0 Å². The largest absolute Gasteiger partial charge is 0.497 e. The summed E-state index contributed by atoms with van der Waals surface area (Å²) in [6.07, 6.45) is 2.31. The van der Waals surface area contributed by atoms with Crippen LogP contribution in [-0.4, -0.2) is 64.5 Å². The molecular weight excluding hydrogens is 468 g/mol. The molecule has 0 radical (unpaired) electrons. The molecule has 5 rings (SSSR count). The summed E-state index contributed by atoms with van der Waals surface area (Å²) in [7, 11) is 3.55. The number of methoxy groups -OCH3 is 1. The lowest BCUT2D eigenvalue weighted by Gasteiger charge is -2.25. The highest BCUT2D eigenvalue weighted by Gasteiger charge is 2.31. The summed E-state index contributed by atoms with van der Waals surface area (Å²) >= 11 is 0. The summed E-state index contributed by atoms with van der Waals surface area (Å²) in [5.74, 6) is 1.45. The number of amides is 1. The van der Waals surface area contributed by atoms with Crippen LogP contribution in [0.1, 0.15) is 29.7 Å². The van der Waals surface area contributed by atoms with Crippen LogP contribution in [0.4, 0.5) is 0 Å². The van der Waals surface area contributed by atoms with E-state index in [0.717, 1.165) is 29.3 Å². The van der Waals surface area contributed by atoms with E-state index in [1.807, 2.05) is 78.2 Å². The highest BCUT2D eigenvalue weighted by atomic mass is 16.5. The first-order chi connectivity index (χ1) is 17.9. The van der Waals surface area contributed by atoms with Gasteiger partial charge in [0.1, 0.15) is 5.75 Å². The summed E-state index contributed by atoms with van der Waals surface area (Å²) in [6, 6.07) is 17.5. The van der Waals surface area contributed by atoms with Gasteiger partial charge in [-0.15, -0.1) is 0 Å². The Hall–Kier alpha value is -3.36. The van der Waals surface area contributed by atoms with Gasteiger partial charge in [-0.3, -0.25) is 19.2 Å². The molecule has 37 heavy (non-hydrogen) atoms. The van der Waals surface area contributed by atoms with Crippen molar-refractivity contribution in [2.45, 2.75) is 39.0 Å². The number of para-hydroxylation sites is 1. The molecule has 8 nitrogen and oxygen atoms in total. The van der Waals surface area contributed by atoms with E-state index in [9.17, 15) is 9.59 Å². The molecule has 1 amide bonds.